The Kier molecular flexibility index (Phi) is 3.26. The average molecular weight is 359 g/mol. The molecule has 2 aromatic carbocycles. The van der Waals surface area contributed by atoms with Gasteiger partial charge in [0.2, 0.25) is 0 Å². The van der Waals surface area contributed by atoms with E-state index in [4.69, 9.17) is 4.74 Å². The van der Waals surface area contributed by atoms with Crippen LogP contribution >= 0.6 is 0 Å². The molecule has 0 amide bonds. The van der Waals surface area contributed by atoms with Gasteiger partial charge in [0.15, 0.2) is 0 Å². The van der Waals surface area contributed by atoms with Crippen LogP contribution in [0.25, 0.3) is 39.0 Å². The Balaban J connectivity index is 1.64. The lowest BCUT2D eigenvalue weighted by Gasteiger charge is -2.04. The SMILES string of the molecule is COc1ccc2cc(-c3nc4ccc(-n5cnnn5)cc4[nH]3)c(=O)[nH]c2c1. The molecule has 0 spiro atoms. The molecule has 3 aromatic heterocycles. The van der Waals surface area contributed by atoms with Crippen molar-refractivity contribution in [2.75, 3.05) is 7.11 Å². The molecule has 3 heterocycles. The summed E-state index contributed by atoms with van der Waals surface area (Å²) < 4.78 is 6.75. The average Bonchev–Trinajstić information content (AvgIpc) is 3.36. The van der Waals surface area contributed by atoms with Gasteiger partial charge in [0.25, 0.3) is 5.56 Å². The topological polar surface area (TPSA) is 114 Å². The summed E-state index contributed by atoms with van der Waals surface area (Å²) in [7, 11) is 1.59. The summed E-state index contributed by atoms with van der Waals surface area (Å²) in [5.74, 6) is 1.18. The fourth-order valence-corrected chi connectivity index (χ4v) is 3.03. The van der Waals surface area contributed by atoms with Crippen molar-refractivity contribution in [3.05, 3.63) is 59.1 Å². The van der Waals surface area contributed by atoms with E-state index >= 15 is 0 Å². The third-order valence-corrected chi connectivity index (χ3v) is 4.39. The molecule has 9 heteroatoms. The summed E-state index contributed by atoms with van der Waals surface area (Å²) in [5, 5.41) is 12.0. The van der Waals surface area contributed by atoms with Crippen molar-refractivity contribution >= 4 is 21.9 Å². The predicted octanol–water partition coefficient (Wildman–Crippen LogP) is 2.06. The van der Waals surface area contributed by atoms with Gasteiger partial charge < -0.3 is 14.7 Å². The molecule has 0 aliphatic carbocycles. The monoisotopic (exact) mass is 359 g/mol. The lowest BCUT2D eigenvalue weighted by Crippen LogP contribution is -2.09. The molecule has 2 N–H and O–H groups in total. The maximum absolute atomic E-state index is 12.6. The summed E-state index contributed by atoms with van der Waals surface area (Å²) in [4.78, 5) is 23.2. The molecule has 0 atom stereocenters. The van der Waals surface area contributed by atoms with Crippen molar-refractivity contribution in [3.63, 3.8) is 0 Å². The first-order valence-corrected chi connectivity index (χ1v) is 8.16. The number of rotatable bonds is 3. The Bertz CT molecular complexity index is 1340. The van der Waals surface area contributed by atoms with E-state index in [2.05, 4.69) is 30.5 Å². The van der Waals surface area contributed by atoms with Gasteiger partial charge in [0, 0.05) is 6.07 Å². The minimum Gasteiger partial charge on any atom is -0.497 e. The second kappa shape index (κ2) is 5.77. The summed E-state index contributed by atoms with van der Waals surface area (Å²) in [5.41, 5.74) is 3.27. The highest BCUT2D eigenvalue weighted by Crippen LogP contribution is 2.24. The summed E-state index contributed by atoms with van der Waals surface area (Å²) in [6.07, 6.45) is 1.51. The number of hydrogen-bond donors (Lipinski definition) is 2. The second-order valence-electron chi connectivity index (χ2n) is 6.01. The molecule has 132 valence electrons. The van der Waals surface area contributed by atoms with Crippen molar-refractivity contribution in [1.82, 2.24) is 35.2 Å². The van der Waals surface area contributed by atoms with Crippen LogP contribution in [-0.2, 0) is 0 Å². The minimum atomic E-state index is -0.226. The number of H-pyrrole nitrogens is 2. The first kappa shape index (κ1) is 15.3. The molecule has 0 saturated carbocycles. The zero-order valence-corrected chi connectivity index (χ0v) is 14.2. The number of aromatic amines is 2. The van der Waals surface area contributed by atoms with Crippen LogP contribution in [-0.4, -0.2) is 42.3 Å². The Hall–Kier alpha value is -4.01. The van der Waals surface area contributed by atoms with E-state index in [0.29, 0.717) is 22.7 Å². The number of ether oxygens (including phenoxy) is 1. The number of nitrogens with one attached hydrogen (secondary N) is 2. The Labute approximate surface area is 151 Å². The first-order chi connectivity index (χ1) is 13.2. The van der Waals surface area contributed by atoms with E-state index < -0.39 is 0 Å². The molecule has 0 radical (unpaired) electrons. The highest BCUT2D eigenvalue weighted by molar-refractivity contribution is 5.86. The molecule has 9 nitrogen and oxygen atoms in total. The lowest BCUT2D eigenvalue weighted by molar-refractivity contribution is 0.415. The predicted molar refractivity (Wildman–Crippen MR) is 98.9 cm³/mol. The lowest BCUT2D eigenvalue weighted by atomic mass is 10.1. The van der Waals surface area contributed by atoms with E-state index in [1.807, 2.05) is 36.4 Å². The third-order valence-electron chi connectivity index (χ3n) is 4.39. The Morgan fingerprint density at radius 2 is 1.96 bits per heavy atom. The van der Waals surface area contributed by atoms with Gasteiger partial charge in [-0.2, -0.15) is 0 Å². The number of imidazole rings is 1. The van der Waals surface area contributed by atoms with Gasteiger partial charge in [-0.1, -0.05) is 0 Å². The molecule has 5 rings (SSSR count). The summed E-state index contributed by atoms with van der Waals surface area (Å²) >= 11 is 0. The molecule has 0 unspecified atom stereocenters. The molecule has 0 saturated heterocycles. The highest BCUT2D eigenvalue weighted by atomic mass is 16.5. The van der Waals surface area contributed by atoms with Gasteiger partial charge >= 0.3 is 0 Å². The number of fused-ring (bicyclic) bond motifs is 2. The number of tetrazole rings is 1. The molecule has 5 aromatic rings. The van der Waals surface area contributed by atoms with Crippen LogP contribution in [0.15, 0.2) is 53.6 Å². The van der Waals surface area contributed by atoms with E-state index in [1.54, 1.807) is 17.9 Å². The number of aromatic nitrogens is 7. The molecular formula is C18H13N7O2. The maximum atomic E-state index is 12.6. The molecule has 0 bridgehead atoms. The minimum absolute atomic E-state index is 0.226. The van der Waals surface area contributed by atoms with E-state index in [9.17, 15) is 4.79 Å². The standard InChI is InChI=1S/C18H13N7O2/c1-27-12-4-2-10-6-13(18(26)22-15(10)8-12)17-20-14-5-3-11(7-16(14)21-17)25-9-19-23-24-25/h2-9H,1H3,(H,20,21)(H,22,26). The van der Waals surface area contributed by atoms with Crippen molar-refractivity contribution in [2.45, 2.75) is 0 Å². The zero-order chi connectivity index (χ0) is 18.4. The first-order valence-electron chi connectivity index (χ1n) is 8.16. The normalized spacial score (nSPS) is 11.3. The molecular weight excluding hydrogens is 346 g/mol. The van der Waals surface area contributed by atoms with Crippen molar-refractivity contribution < 1.29 is 4.74 Å². The van der Waals surface area contributed by atoms with E-state index in [0.717, 1.165) is 22.1 Å². The van der Waals surface area contributed by atoms with Gasteiger partial charge in [-0.3, -0.25) is 4.79 Å². The van der Waals surface area contributed by atoms with E-state index in [-0.39, 0.29) is 5.56 Å². The van der Waals surface area contributed by atoms with Crippen molar-refractivity contribution in [2.24, 2.45) is 0 Å². The van der Waals surface area contributed by atoms with Crippen LogP contribution < -0.4 is 10.3 Å². The summed E-state index contributed by atoms with van der Waals surface area (Å²) in [6.45, 7) is 0. The fraction of sp³-hybridized carbons (Fsp3) is 0.0556. The number of pyridine rings is 1. The van der Waals surface area contributed by atoms with Crippen LogP contribution in [0, 0.1) is 0 Å². The van der Waals surface area contributed by atoms with Crippen LogP contribution in [0.3, 0.4) is 0 Å². The van der Waals surface area contributed by atoms with Crippen LogP contribution in [0.1, 0.15) is 0 Å². The number of benzene rings is 2. The van der Waals surface area contributed by atoms with Crippen LogP contribution in [0.4, 0.5) is 0 Å². The maximum Gasteiger partial charge on any atom is 0.259 e. The third kappa shape index (κ3) is 2.53. The summed E-state index contributed by atoms with van der Waals surface area (Å²) in [6, 6.07) is 12.9. The molecule has 0 aliphatic rings. The molecule has 27 heavy (non-hydrogen) atoms. The number of methoxy groups -OCH3 is 1. The van der Waals surface area contributed by atoms with Gasteiger partial charge in [-0.05, 0) is 52.2 Å². The smallest absolute Gasteiger partial charge is 0.259 e. The van der Waals surface area contributed by atoms with Gasteiger partial charge in [-0.25, -0.2) is 9.67 Å². The van der Waals surface area contributed by atoms with Crippen molar-refractivity contribution in [1.29, 1.82) is 0 Å². The van der Waals surface area contributed by atoms with Crippen LogP contribution in [0.5, 0.6) is 5.75 Å². The van der Waals surface area contributed by atoms with Gasteiger partial charge in [0.1, 0.15) is 17.9 Å². The molecule has 0 aliphatic heterocycles. The zero-order valence-electron chi connectivity index (χ0n) is 14.2. The fourth-order valence-electron chi connectivity index (χ4n) is 3.03. The largest absolute Gasteiger partial charge is 0.497 e. The van der Waals surface area contributed by atoms with Gasteiger partial charge in [0.05, 0.1) is 34.9 Å². The quantitative estimate of drug-likeness (QED) is 0.510. The highest BCUT2D eigenvalue weighted by Gasteiger charge is 2.12. The van der Waals surface area contributed by atoms with Gasteiger partial charge in [-0.15, -0.1) is 5.10 Å². The molecule has 0 fully saturated rings. The number of hydrogen-bond acceptors (Lipinski definition) is 6. The van der Waals surface area contributed by atoms with Crippen LogP contribution in [0.2, 0.25) is 0 Å². The Morgan fingerprint density at radius 3 is 2.78 bits per heavy atom. The van der Waals surface area contributed by atoms with Crippen molar-refractivity contribution in [3.8, 4) is 22.8 Å². The second-order valence-corrected chi connectivity index (χ2v) is 6.01. The van der Waals surface area contributed by atoms with E-state index in [1.165, 1.54) is 6.33 Å². The number of nitrogens with zero attached hydrogens (tertiary/aromatic N) is 5. The Morgan fingerprint density at radius 1 is 1.04 bits per heavy atom.